The van der Waals surface area contributed by atoms with Crippen molar-refractivity contribution in [2.45, 2.75) is 218 Å². The van der Waals surface area contributed by atoms with E-state index >= 15 is 0 Å². The summed E-state index contributed by atoms with van der Waals surface area (Å²) in [6.45, 7) is 13.2. The fourth-order valence-electron chi connectivity index (χ4n) is 10.1. The Kier molecular flexibility index (Phi) is 38.9. The number of aliphatic imine (C=N–C) groups is 1. The van der Waals surface area contributed by atoms with Gasteiger partial charge in [-0.3, -0.25) is 57.7 Å². The number of carbonyl (C=O) groups is 12. The molecule has 0 bridgehead atoms. The van der Waals surface area contributed by atoms with Crippen molar-refractivity contribution < 1.29 is 72.9 Å². The van der Waals surface area contributed by atoms with E-state index in [-0.39, 0.29) is 88.8 Å². The van der Waals surface area contributed by atoms with Gasteiger partial charge in [0.2, 0.25) is 59.1 Å². The Morgan fingerprint density at radius 2 is 0.918 bits per heavy atom. The summed E-state index contributed by atoms with van der Waals surface area (Å²) in [5, 5.41) is 55.8. The van der Waals surface area contributed by atoms with E-state index in [1.807, 2.05) is 0 Å². The third-order valence-electron chi connectivity index (χ3n) is 16.1. The highest BCUT2D eigenvalue weighted by Gasteiger charge is 2.38. The van der Waals surface area contributed by atoms with E-state index in [9.17, 15) is 72.9 Å². The van der Waals surface area contributed by atoms with Crippen molar-refractivity contribution in [1.29, 1.82) is 0 Å². The molecule has 10 amide bonds. The molecule has 0 aliphatic rings. The molecule has 0 aliphatic heterocycles. The van der Waals surface area contributed by atoms with Gasteiger partial charge in [0.25, 0.3) is 0 Å². The number of hydrogen-bond donors (Lipinski definition) is 19. The van der Waals surface area contributed by atoms with Gasteiger partial charge >= 0.3 is 11.9 Å². The average Bonchev–Trinajstić information content (AvgIpc) is 1.27. The number of carboxylic acids is 2. The number of nitrogens with two attached hydrogens (primary N) is 5. The Bertz CT molecular complexity index is 2860. The van der Waals surface area contributed by atoms with Crippen LogP contribution in [0.1, 0.15) is 150 Å². The zero-order valence-electron chi connectivity index (χ0n) is 57.2. The van der Waals surface area contributed by atoms with Crippen LogP contribution in [0.25, 0.3) is 0 Å². The molecule has 1 aromatic carbocycles. The molecule has 0 saturated carbocycles. The number of hydrogen-bond acceptors (Lipinski definition) is 18. The zero-order valence-corrected chi connectivity index (χ0v) is 57.2. The van der Waals surface area contributed by atoms with E-state index in [0.29, 0.717) is 49.8 Å². The van der Waals surface area contributed by atoms with Crippen molar-refractivity contribution in [3.05, 3.63) is 54.1 Å². The first-order chi connectivity index (χ1) is 45.9. The number of amides is 10. The fourth-order valence-corrected chi connectivity index (χ4v) is 10.1. The SMILES string of the molecule is CC[C@H](C)[C@H](NC(=O)[C@H](CCCCN)NC(=O)[C@H](CO)NC(=O)[C@H](CC(=O)O)NC(=O)[C@H](CC(C)C)NC(=O)[C@@H](NC(=O)[C@H](CC(C)C)NC(=O)[C@H](CCCCN)NC(=O)[C@H](Cc1ccccc1)NC(=O)[C@H](CCCN=C(N)N)NC(=O)[C@@H](N)Cc1cnc[nH]1)[C@@H](C)CC)C(=O)O. The Hall–Kier alpha value is -8.82. The van der Waals surface area contributed by atoms with Crippen LogP contribution in [0.4, 0.5) is 0 Å². The lowest BCUT2D eigenvalue weighted by atomic mass is 9.95. The monoisotopic (exact) mass is 1370 g/mol. The van der Waals surface area contributed by atoms with Crippen LogP contribution in [0.3, 0.4) is 0 Å². The van der Waals surface area contributed by atoms with E-state index < -0.39 is 162 Å². The van der Waals surface area contributed by atoms with Crippen LogP contribution in [0.2, 0.25) is 0 Å². The molecule has 0 fully saturated rings. The van der Waals surface area contributed by atoms with Gasteiger partial charge in [-0.2, -0.15) is 0 Å². The molecule has 0 unspecified atom stereocenters. The second-order valence-corrected chi connectivity index (χ2v) is 25.2. The van der Waals surface area contributed by atoms with E-state index in [1.54, 1.807) is 85.7 Å². The molecular formula is C64H108N18O15. The fraction of sp³-hybridized carbons (Fsp3) is 0.656. The number of carbonyl (C=O) groups excluding carboxylic acids is 10. The van der Waals surface area contributed by atoms with Crippen LogP contribution in [-0.2, 0) is 70.4 Å². The summed E-state index contributed by atoms with van der Waals surface area (Å²) in [5.74, 6) is -13.8. The Morgan fingerprint density at radius 3 is 1.39 bits per heavy atom. The third kappa shape index (κ3) is 31.7. The quantitative estimate of drug-likeness (QED) is 0.0184. The number of aliphatic carboxylic acids is 2. The first-order valence-corrected chi connectivity index (χ1v) is 33.2. The number of nitrogens with zero attached hydrogens (tertiary/aromatic N) is 2. The summed E-state index contributed by atoms with van der Waals surface area (Å²) < 4.78 is 0. The minimum atomic E-state index is -1.92. The van der Waals surface area contributed by atoms with Crippen LogP contribution in [-0.4, -0.2) is 195 Å². The Morgan fingerprint density at radius 1 is 0.505 bits per heavy atom. The summed E-state index contributed by atoms with van der Waals surface area (Å²) >= 11 is 0. The lowest BCUT2D eigenvalue weighted by Gasteiger charge is -2.30. The van der Waals surface area contributed by atoms with Crippen molar-refractivity contribution in [2.75, 3.05) is 26.2 Å². The topological polar surface area (TPSA) is 557 Å². The molecule has 1 heterocycles. The normalized spacial score (nSPS) is 15.3. The maximum Gasteiger partial charge on any atom is 0.326 e. The summed E-state index contributed by atoms with van der Waals surface area (Å²) in [7, 11) is 0. The molecule has 33 nitrogen and oxygen atoms in total. The van der Waals surface area contributed by atoms with Gasteiger partial charge in [0.15, 0.2) is 5.96 Å². The number of nitrogens with one attached hydrogen (secondary N) is 11. The average molecular weight is 1370 g/mol. The lowest BCUT2D eigenvalue weighted by molar-refractivity contribution is -0.144. The van der Waals surface area contributed by atoms with Gasteiger partial charge in [-0.05, 0) is 107 Å². The highest BCUT2D eigenvalue weighted by Crippen LogP contribution is 2.16. The second kappa shape index (κ2) is 44.8. The number of guanidine groups is 1. The number of carboxylic acid groups (broad SMARTS) is 2. The predicted octanol–water partition coefficient (Wildman–Crippen LogP) is -2.58. The van der Waals surface area contributed by atoms with E-state index in [1.165, 1.54) is 12.5 Å². The second-order valence-electron chi connectivity index (χ2n) is 25.2. The first-order valence-electron chi connectivity index (χ1n) is 33.2. The number of H-pyrrole nitrogens is 1. The molecule has 97 heavy (non-hydrogen) atoms. The van der Waals surface area contributed by atoms with Gasteiger partial charge in [-0.25, -0.2) is 9.78 Å². The van der Waals surface area contributed by atoms with Crippen LogP contribution in [0.15, 0.2) is 47.8 Å². The maximum absolute atomic E-state index is 14.6. The lowest BCUT2D eigenvalue weighted by Crippen LogP contribution is -2.62. The number of aliphatic hydroxyl groups excluding tert-OH is 1. The Balaban J connectivity index is 2.48. The number of benzene rings is 1. The van der Waals surface area contributed by atoms with Crippen molar-refractivity contribution in [3.8, 4) is 0 Å². The summed E-state index contributed by atoms with van der Waals surface area (Å²) in [6.07, 6.45) is 4.19. The van der Waals surface area contributed by atoms with E-state index in [4.69, 9.17) is 28.7 Å². The smallest absolute Gasteiger partial charge is 0.326 e. The minimum absolute atomic E-state index is 0.0127. The van der Waals surface area contributed by atoms with Crippen LogP contribution < -0.4 is 81.8 Å². The van der Waals surface area contributed by atoms with Gasteiger partial charge in [0, 0.05) is 31.3 Å². The molecule has 33 heteroatoms. The van der Waals surface area contributed by atoms with Gasteiger partial charge in [-0.1, -0.05) is 98.6 Å². The molecular weight excluding hydrogens is 1260 g/mol. The Labute approximate surface area is 566 Å². The molecule has 0 aliphatic carbocycles. The molecule has 2 aromatic rings. The van der Waals surface area contributed by atoms with Gasteiger partial charge in [0.05, 0.1) is 25.4 Å². The predicted molar refractivity (Wildman–Crippen MR) is 360 cm³/mol. The van der Waals surface area contributed by atoms with Gasteiger partial charge < -0.3 is 102 Å². The number of rotatable bonds is 48. The van der Waals surface area contributed by atoms with Crippen molar-refractivity contribution >= 4 is 77.0 Å². The molecule has 1 aromatic heterocycles. The largest absolute Gasteiger partial charge is 0.481 e. The van der Waals surface area contributed by atoms with Gasteiger partial charge in [-0.15, -0.1) is 0 Å². The molecule has 0 saturated heterocycles. The zero-order chi connectivity index (χ0) is 72.9. The number of aliphatic hydroxyl groups is 1. The molecule has 24 N–H and O–H groups in total. The molecule has 13 atom stereocenters. The standard InChI is InChI=1S/C64H108N18O15/c1-9-37(7)51(62(95)79-45(27-35(3)4)57(90)78-48(31-50(84)85)59(92)80-49(33-83)61(94)75-43(22-15-17-25-66)56(89)82-52(63(96)97)38(8)10-2)81-60(93)46(28-36(5)6)76-54(87)42(21-14-16-24-65)74-58(91)47(29-39-19-12-11-13-20-39)77-55(88)44(23-18-26-71-64(68)69)73-53(86)41(67)30-40-32-70-34-72-40/h11-13,19-20,32,34-38,41-49,51-52,83H,9-10,14-18,21-31,33,65-67H2,1-8H3,(H,70,72)(H,73,86)(H,74,91)(H,75,94)(H,76,87)(H,77,88)(H,78,90)(H,79,95)(H,80,92)(H,81,93)(H,82,89)(H,84,85)(H,96,97)(H4,68,69,71)/t37-,38-,41-,42-,43-,44-,45-,46-,47-,48-,49-,51-,52-/m0/s1. The van der Waals surface area contributed by atoms with Crippen molar-refractivity contribution in [1.82, 2.24) is 63.1 Å². The molecule has 2 rings (SSSR count). The number of aromatic amines is 1. The molecule has 544 valence electrons. The molecule has 0 spiro atoms. The van der Waals surface area contributed by atoms with E-state index in [0.717, 1.165) is 0 Å². The highest BCUT2D eigenvalue weighted by atomic mass is 16.4. The summed E-state index contributed by atoms with van der Waals surface area (Å²) in [4.78, 5) is 177. The van der Waals surface area contributed by atoms with Crippen LogP contribution in [0.5, 0.6) is 0 Å². The number of aromatic nitrogens is 2. The number of imidazole rings is 1. The van der Waals surface area contributed by atoms with E-state index in [2.05, 4.69) is 68.1 Å². The molecule has 0 radical (unpaired) electrons. The first kappa shape index (κ1) is 84.3. The van der Waals surface area contributed by atoms with Crippen molar-refractivity contribution in [3.63, 3.8) is 0 Å². The minimum Gasteiger partial charge on any atom is -0.481 e. The van der Waals surface area contributed by atoms with Crippen LogP contribution in [0, 0.1) is 23.7 Å². The summed E-state index contributed by atoms with van der Waals surface area (Å²) in [6, 6.07) is -6.97. The van der Waals surface area contributed by atoms with Crippen LogP contribution >= 0.6 is 0 Å². The highest BCUT2D eigenvalue weighted by molar-refractivity contribution is 5.99. The van der Waals surface area contributed by atoms with Gasteiger partial charge in [0.1, 0.15) is 60.4 Å². The number of unbranched alkanes of at least 4 members (excludes halogenated alkanes) is 2. The van der Waals surface area contributed by atoms with Crippen molar-refractivity contribution in [2.24, 2.45) is 57.3 Å². The third-order valence-corrected chi connectivity index (χ3v) is 16.1. The maximum atomic E-state index is 14.6. The summed E-state index contributed by atoms with van der Waals surface area (Å²) in [5.41, 5.74) is 30.0.